The Morgan fingerprint density at radius 1 is 1.07 bits per heavy atom. The molecule has 1 aromatic heterocycles. The second kappa shape index (κ2) is 8.04. The number of nitrogens with two attached hydrogens (primary N) is 2. The van der Waals surface area contributed by atoms with Gasteiger partial charge < -0.3 is 16.2 Å². The quantitative estimate of drug-likeness (QED) is 0.635. The lowest BCUT2D eigenvalue weighted by Gasteiger charge is -2.31. The van der Waals surface area contributed by atoms with Gasteiger partial charge in [-0.15, -0.1) is 0 Å². The second-order valence-electron chi connectivity index (χ2n) is 7.23. The molecule has 8 nitrogen and oxygen atoms in total. The maximum atomic E-state index is 13.1. The fourth-order valence-electron chi connectivity index (χ4n) is 3.60. The van der Waals surface area contributed by atoms with Crippen LogP contribution in [0.2, 0.25) is 0 Å². The minimum Gasteiger partial charge on any atom is -0.492 e. The zero-order chi connectivity index (χ0) is 21.3. The van der Waals surface area contributed by atoms with Crippen molar-refractivity contribution in [1.82, 2.24) is 14.3 Å². The predicted molar refractivity (Wildman–Crippen MR) is 112 cm³/mol. The number of aromatic nitrogens is 2. The number of benzene rings is 2. The number of hydrogen-bond acceptors (Lipinski definition) is 7. The molecule has 1 aliphatic rings. The summed E-state index contributed by atoms with van der Waals surface area (Å²) in [6, 6.07) is 10.3. The first-order valence-electron chi connectivity index (χ1n) is 9.55. The van der Waals surface area contributed by atoms with Crippen molar-refractivity contribution in [3.63, 3.8) is 0 Å². The molecule has 0 amide bonds. The average molecular weight is 431 g/mol. The van der Waals surface area contributed by atoms with Crippen molar-refractivity contribution in [3.8, 4) is 5.75 Å². The van der Waals surface area contributed by atoms with Crippen LogP contribution in [0.25, 0.3) is 10.9 Å². The van der Waals surface area contributed by atoms with Gasteiger partial charge in [0.15, 0.2) is 0 Å². The Morgan fingerprint density at radius 3 is 2.47 bits per heavy atom. The van der Waals surface area contributed by atoms with Crippen LogP contribution in [0.5, 0.6) is 5.75 Å². The van der Waals surface area contributed by atoms with Gasteiger partial charge in [0.25, 0.3) is 0 Å². The third kappa shape index (κ3) is 4.01. The molecular weight excluding hydrogens is 409 g/mol. The van der Waals surface area contributed by atoms with Crippen molar-refractivity contribution in [2.24, 2.45) is 5.92 Å². The summed E-state index contributed by atoms with van der Waals surface area (Å²) < 4.78 is 46.0. The lowest BCUT2D eigenvalue weighted by Crippen LogP contribution is -2.39. The number of piperidine rings is 1. The predicted octanol–water partition coefficient (Wildman–Crippen LogP) is 2.41. The highest BCUT2D eigenvalue weighted by molar-refractivity contribution is 7.89. The summed E-state index contributed by atoms with van der Waals surface area (Å²) in [4.78, 5) is 8.27. The van der Waals surface area contributed by atoms with Crippen LogP contribution in [0.3, 0.4) is 0 Å². The van der Waals surface area contributed by atoms with E-state index in [1.807, 2.05) is 0 Å². The molecule has 4 N–H and O–H groups in total. The lowest BCUT2D eigenvalue weighted by atomic mass is 9.99. The summed E-state index contributed by atoms with van der Waals surface area (Å²) in [6.45, 7) is 1.18. The van der Waals surface area contributed by atoms with E-state index in [1.54, 1.807) is 18.2 Å². The molecule has 1 saturated heterocycles. The van der Waals surface area contributed by atoms with E-state index in [4.69, 9.17) is 16.2 Å². The summed E-state index contributed by atoms with van der Waals surface area (Å²) in [5, 5.41) is 0.614. The van der Waals surface area contributed by atoms with Crippen LogP contribution in [-0.4, -0.2) is 42.4 Å². The molecule has 30 heavy (non-hydrogen) atoms. The van der Waals surface area contributed by atoms with E-state index in [2.05, 4.69) is 9.97 Å². The van der Waals surface area contributed by atoms with Gasteiger partial charge in [-0.1, -0.05) is 6.07 Å². The Morgan fingerprint density at radius 2 is 1.77 bits per heavy atom. The molecule has 0 bridgehead atoms. The van der Waals surface area contributed by atoms with Gasteiger partial charge in [0.2, 0.25) is 16.0 Å². The van der Waals surface area contributed by atoms with E-state index < -0.39 is 15.8 Å². The van der Waals surface area contributed by atoms with Gasteiger partial charge in [0.1, 0.15) is 17.4 Å². The van der Waals surface area contributed by atoms with Crippen molar-refractivity contribution < 1.29 is 17.5 Å². The third-order valence-corrected chi connectivity index (χ3v) is 7.14. The van der Waals surface area contributed by atoms with Crippen molar-refractivity contribution in [3.05, 3.63) is 48.3 Å². The van der Waals surface area contributed by atoms with Crippen LogP contribution < -0.4 is 16.2 Å². The first-order valence-corrected chi connectivity index (χ1v) is 11.0. The van der Waals surface area contributed by atoms with E-state index in [0.717, 1.165) is 12.1 Å². The first kappa shape index (κ1) is 20.3. The van der Waals surface area contributed by atoms with Crippen LogP contribution >= 0.6 is 0 Å². The average Bonchev–Trinajstić information content (AvgIpc) is 2.72. The number of fused-ring (bicyclic) bond motifs is 1. The maximum Gasteiger partial charge on any atom is 0.243 e. The largest absolute Gasteiger partial charge is 0.492 e. The van der Waals surface area contributed by atoms with Gasteiger partial charge in [-0.25, -0.2) is 17.8 Å². The van der Waals surface area contributed by atoms with Crippen molar-refractivity contribution in [2.75, 3.05) is 31.2 Å². The number of rotatable bonds is 5. The minimum absolute atomic E-state index is 0.101. The van der Waals surface area contributed by atoms with Crippen LogP contribution in [0.15, 0.2) is 47.4 Å². The van der Waals surface area contributed by atoms with E-state index in [1.165, 1.54) is 16.4 Å². The molecule has 0 spiro atoms. The molecule has 0 saturated carbocycles. The van der Waals surface area contributed by atoms with Gasteiger partial charge in [0.05, 0.1) is 22.4 Å². The summed E-state index contributed by atoms with van der Waals surface area (Å²) >= 11 is 0. The van der Waals surface area contributed by atoms with Crippen LogP contribution in [0.1, 0.15) is 12.8 Å². The Kier molecular flexibility index (Phi) is 5.44. The zero-order valence-corrected chi connectivity index (χ0v) is 17.0. The number of nitrogens with zero attached hydrogens (tertiary/aromatic N) is 3. The van der Waals surface area contributed by atoms with E-state index in [-0.39, 0.29) is 22.6 Å². The standard InChI is InChI=1S/C20H22FN5O3S/c21-14-4-6-15(7-5-14)30(27,28)26-10-8-13(9-11-26)12-29-17-3-1-2-16-18(17)19(22)25-20(23)24-16/h1-7,13H,8-12H2,(H4,22,23,24,25). The number of anilines is 2. The molecular formula is C20H22FN5O3S. The smallest absolute Gasteiger partial charge is 0.243 e. The molecule has 0 radical (unpaired) electrons. The highest BCUT2D eigenvalue weighted by atomic mass is 32.2. The SMILES string of the molecule is Nc1nc(N)c2c(OCC3CCN(S(=O)(=O)c4ccc(F)cc4)CC3)cccc2n1. The molecule has 0 atom stereocenters. The first-order chi connectivity index (χ1) is 14.3. The normalized spacial score (nSPS) is 16.0. The summed E-state index contributed by atoms with van der Waals surface area (Å²) in [6.07, 6.45) is 1.31. The number of sulfonamides is 1. The van der Waals surface area contributed by atoms with Crippen LogP contribution in [0, 0.1) is 11.7 Å². The monoisotopic (exact) mass is 431 g/mol. The number of nitrogen functional groups attached to an aromatic ring is 2. The summed E-state index contributed by atoms with van der Waals surface area (Å²) in [5.74, 6) is 0.661. The lowest BCUT2D eigenvalue weighted by molar-refractivity contribution is 0.186. The van der Waals surface area contributed by atoms with Crippen LogP contribution in [-0.2, 0) is 10.0 Å². The van der Waals surface area contributed by atoms with E-state index in [0.29, 0.717) is 49.2 Å². The number of ether oxygens (including phenoxy) is 1. The van der Waals surface area contributed by atoms with Crippen molar-refractivity contribution in [1.29, 1.82) is 0 Å². The highest BCUT2D eigenvalue weighted by Gasteiger charge is 2.29. The Labute approximate surface area is 173 Å². The molecule has 10 heteroatoms. The van der Waals surface area contributed by atoms with Crippen molar-refractivity contribution >= 4 is 32.7 Å². The molecule has 0 unspecified atom stereocenters. The van der Waals surface area contributed by atoms with E-state index in [9.17, 15) is 12.8 Å². The van der Waals surface area contributed by atoms with Gasteiger partial charge in [-0.05, 0) is 55.2 Å². The fraction of sp³-hybridized carbons (Fsp3) is 0.300. The molecule has 1 fully saturated rings. The summed E-state index contributed by atoms with van der Waals surface area (Å²) in [5.41, 5.74) is 12.2. The number of hydrogen-bond donors (Lipinski definition) is 2. The second-order valence-corrected chi connectivity index (χ2v) is 9.17. The topological polar surface area (TPSA) is 124 Å². The molecule has 0 aliphatic carbocycles. The molecule has 2 aromatic carbocycles. The Bertz CT molecular complexity index is 1160. The molecule has 3 aromatic rings. The molecule has 4 rings (SSSR count). The Hall–Kier alpha value is -2.98. The highest BCUT2D eigenvalue weighted by Crippen LogP contribution is 2.31. The third-order valence-electron chi connectivity index (χ3n) is 5.23. The fourth-order valence-corrected chi connectivity index (χ4v) is 5.07. The summed E-state index contributed by atoms with van der Waals surface area (Å²) in [7, 11) is -3.63. The number of halogens is 1. The zero-order valence-electron chi connectivity index (χ0n) is 16.2. The molecule has 158 valence electrons. The van der Waals surface area contributed by atoms with Gasteiger partial charge in [-0.3, -0.25) is 0 Å². The van der Waals surface area contributed by atoms with Gasteiger partial charge in [0, 0.05) is 13.1 Å². The minimum atomic E-state index is -3.63. The molecule has 1 aliphatic heterocycles. The van der Waals surface area contributed by atoms with Crippen LogP contribution in [0.4, 0.5) is 16.2 Å². The maximum absolute atomic E-state index is 13.1. The van der Waals surface area contributed by atoms with Crippen molar-refractivity contribution in [2.45, 2.75) is 17.7 Å². The Balaban J connectivity index is 1.40. The molecule has 2 heterocycles. The van der Waals surface area contributed by atoms with E-state index >= 15 is 0 Å². The van der Waals surface area contributed by atoms with Gasteiger partial charge in [-0.2, -0.15) is 9.29 Å². The van der Waals surface area contributed by atoms with Gasteiger partial charge >= 0.3 is 0 Å².